The Morgan fingerprint density at radius 2 is 1.90 bits per heavy atom. The Hall–Kier alpha value is -3.40. The third-order valence-corrected chi connectivity index (χ3v) is 5.54. The fourth-order valence-corrected chi connectivity index (χ4v) is 3.94. The molecule has 10 heteroatoms. The first-order valence-corrected chi connectivity index (χ1v) is 9.71. The molecule has 0 radical (unpaired) electrons. The molecule has 5 rings (SSSR count). The van der Waals surface area contributed by atoms with Crippen molar-refractivity contribution in [3.05, 3.63) is 59.1 Å². The summed E-state index contributed by atoms with van der Waals surface area (Å²) in [6.07, 6.45) is -2.87. The molecule has 0 unspecified atom stereocenters. The largest absolute Gasteiger partial charge is 0.454 e. The summed E-state index contributed by atoms with van der Waals surface area (Å²) < 4.78 is 50.5. The lowest BCUT2D eigenvalue weighted by Gasteiger charge is -2.09. The molecule has 0 bridgehead atoms. The molecule has 4 heterocycles. The molecule has 0 atom stereocenters. The Bertz CT molecular complexity index is 1230. The van der Waals surface area contributed by atoms with Crippen molar-refractivity contribution in [1.29, 1.82) is 0 Å². The van der Waals surface area contributed by atoms with Crippen molar-refractivity contribution in [3.63, 3.8) is 0 Å². The molecule has 30 heavy (non-hydrogen) atoms. The Morgan fingerprint density at radius 3 is 2.70 bits per heavy atom. The molecule has 0 spiro atoms. The van der Waals surface area contributed by atoms with Crippen LogP contribution >= 0.6 is 11.3 Å². The predicted molar refractivity (Wildman–Crippen MR) is 106 cm³/mol. The van der Waals surface area contributed by atoms with E-state index in [1.165, 1.54) is 0 Å². The van der Waals surface area contributed by atoms with Gasteiger partial charge < -0.3 is 14.8 Å². The van der Waals surface area contributed by atoms with Gasteiger partial charge in [0.25, 0.3) is 0 Å². The molecule has 1 aliphatic rings. The van der Waals surface area contributed by atoms with Crippen molar-refractivity contribution in [2.45, 2.75) is 12.7 Å². The monoisotopic (exact) mass is 430 g/mol. The zero-order valence-electron chi connectivity index (χ0n) is 15.2. The number of aromatic nitrogens is 3. The highest BCUT2D eigenvalue weighted by Crippen LogP contribution is 2.40. The second kappa shape index (κ2) is 7.13. The van der Waals surface area contributed by atoms with Crippen LogP contribution in [0, 0.1) is 0 Å². The number of rotatable bonds is 4. The average Bonchev–Trinajstić information content (AvgIpc) is 3.38. The van der Waals surface area contributed by atoms with Gasteiger partial charge in [-0.3, -0.25) is 4.98 Å². The van der Waals surface area contributed by atoms with E-state index in [2.05, 4.69) is 20.3 Å². The number of anilines is 1. The summed E-state index contributed by atoms with van der Waals surface area (Å²) in [6.45, 7) is 0.503. The molecule has 1 aromatic carbocycles. The first-order valence-electron chi connectivity index (χ1n) is 8.90. The van der Waals surface area contributed by atoms with Gasteiger partial charge in [-0.25, -0.2) is 9.97 Å². The van der Waals surface area contributed by atoms with Crippen molar-refractivity contribution in [3.8, 4) is 23.0 Å². The van der Waals surface area contributed by atoms with Crippen LogP contribution in [-0.4, -0.2) is 21.7 Å². The normalized spacial score (nSPS) is 13.0. The van der Waals surface area contributed by atoms with Crippen molar-refractivity contribution < 1.29 is 22.6 Å². The minimum atomic E-state index is -4.45. The molecule has 3 aromatic heterocycles. The van der Waals surface area contributed by atoms with Crippen LogP contribution in [0.4, 0.5) is 19.0 Å². The minimum absolute atomic E-state index is 0.168. The summed E-state index contributed by atoms with van der Waals surface area (Å²) >= 11 is 0.585. The van der Waals surface area contributed by atoms with Crippen LogP contribution in [0.25, 0.3) is 21.7 Å². The molecule has 0 saturated heterocycles. The second-order valence-corrected chi connectivity index (χ2v) is 7.51. The van der Waals surface area contributed by atoms with Crippen LogP contribution in [0.3, 0.4) is 0 Å². The molecule has 4 aromatic rings. The van der Waals surface area contributed by atoms with Gasteiger partial charge in [-0.15, -0.1) is 11.3 Å². The zero-order chi connectivity index (χ0) is 20.7. The van der Waals surface area contributed by atoms with Gasteiger partial charge >= 0.3 is 6.18 Å². The quantitative estimate of drug-likeness (QED) is 0.485. The van der Waals surface area contributed by atoms with Crippen LogP contribution < -0.4 is 14.8 Å². The van der Waals surface area contributed by atoms with E-state index in [4.69, 9.17) is 9.47 Å². The van der Waals surface area contributed by atoms with Gasteiger partial charge in [0.15, 0.2) is 17.3 Å². The number of thiophene rings is 1. The number of halogens is 3. The van der Waals surface area contributed by atoms with Gasteiger partial charge in [-0.1, -0.05) is 12.1 Å². The maximum Gasteiger partial charge on any atom is 0.425 e. The minimum Gasteiger partial charge on any atom is -0.454 e. The number of hydrogen-bond acceptors (Lipinski definition) is 7. The molecule has 1 aliphatic heterocycles. The van der Waals surface area contributed by atoms with Crippen LogP contribution in [-0.2, 0) is 12.7 Å². The van der Waals surface area contributed by atoms with E-state index >= 15 is 0 Å². The summed E-state index contributed by atoms with van der Waals surface area (Å²) in [5.41, 5.74) is 1.35. The fourth-order valence-electron chi connectivity index (χ4n) is 3.04. The Morgan fingerprint density at radius 1 is 1.03 bits per heavy atom. The fraction of sp³-hybridized carbons (Fsp3) is 0.150. The summed E-state index contributed by atoms with van der Waals surface area (Å²) in [5.74, 6) is 1.86. The molecule has 1 N–H and O–H groups in total. The maximum absolute atomic E-state index is 13.3. The smallest absolute Gasteiger partial charge is 0.425 e. The van der Waals surface area contributed by atoms with Crippen molar-refractivity contribution in [2.24, 2.45) is 0 Å². The first-order chi connectivity index (χ1) is 14.5. The van der Waals surface area contributed by atoms with E-state index in [1.54, 1.807) is 30.5 Å². The Labute approximate surface area is 172 Å². The van der Waals surface area contributed by atoms with E-state index in [-0.39, 0.29) is 17.4 Å². The summed E-state index contributed by atoms with van der Waals surface area (Å²) in [6, 6.07) is 11.8. The average molecular weight is 430 g/mol. The third kappa shape index (κ3) is 3.50. The van der Waals surface area contributed by atoms with Crippen LogP contribution in [0.15, 0.2) is 48.7 Å². The zero-order valence-corrected chi connectivity index (χ0v) is 16.0. The number of benzene rings is 1. The highest BCUT2D eigenvalue weighted by atomic mass is 32.1. The van der Waals surface area contributed by atoms with Crippen molar-refractivity contribution in [1.82, 2.24) is 15.0 Å². The molecular weight excluding hydrogens is 417 g/mol. The van der Waals surface area contributed by atoms with Crippen molar-refractivity contribution >= 4 is 27.4 Å². The van der Waals surface area contributed by atoms with Gasteiger partial charge in [0, 0.05) is 12.7 Å². The predicted octanol–water partition coefficient (Wildman–Crippen LogP) is 5.11. The number of alkyl halides is 3. The van der Waals surface area contributed by atoms with E-state index in [1.807, 2.05) is 12.1 Å². The van der Waals surface area contributed by atoms with E-state index in [0.29, 0.717) is 46.3 Å². The molecule has 0 aliphatic carbocycles. The topological polar surface area (TPSA) is 69.2 Å². The molecular formula is C20H13F3N4O2S. The Kier molecular flexibility index (Phi) is 4.43. The standard InChI is InChI=1S/C20H13F3N4O2S/c21-20(22,23)16-8-12-17(25-9-11-4-5-14-15(7-11)29-10-28-14)26-18(27-19(12)30-16)13-3-1-2-6-24-13/h1-8H,9-10H2,(H,25,26,27). The van der Waals surface area contributed by atoms with E-state index in [9.17, 15) is 13.2 Å². The van der Waals surface area contributed by atoms with Gasteiger partial charge in [-0.05, 0) is 35.9 Å². The molecule has 0 saturated carbocycles. The third-order valence-electron chi connectivity index (χ3n) is 4.46. The lowest BCUT2D eigenvalue weighted by Crippen LogP contribution is -2.04. The maximum atomic E-state index is 13.3. The number of ether oxygens (including phenoxy) is 2. The summed E-state index contributed by atoms with van der Waals surface area (Å²) in [4.78, 5) is 12.5. The van der Waals surface area contributed by atoms with Crippen molar-refractivity contribution in [2.75, 3.05) is 12.1 Å². The number of nitrogens with zero attached hydrogens (tertiary/aromatic N) is 3. The van der Waals surface area contributed by atoms with Crippen LogP contribution in [0.2, 0.25) is 0 Å². The number of pyridine rings is 1. The van der Waals surface area contributed by atoms with Crippen LogP contribution in [0.5, 0.6) is 11.5 Å². The molecule has 152 valence electrons. The van der Waals surface area contributed by atoms with Gasteiger partial charge in [0.05, 0.1) is 5.39 Å². The highest BCUT2D eigenvalue weighted by Gasteiger charge is 2.33. The molecule has 6 nitrogen and oxygen atoms in total. The van der Waals surface area contributed by atoms with E-state index in [0.717, 1.165) is 11.6 Å². The Balaban J connectivity index is 1.53. The lowest BCUT2D eigenvalue weighted by atomic mass is 10.2. The van der Waals surface area contributed by atoms with Crippen LogP contribution in [0.1, 0.15) is 10.4 Å². The SMILES string of the molecule is FC(F)(F)c1cc2c(NCc3ccc4c(c3)OCO4)nc(-c3ccccn3)nc2s1. The summed E-state index contributed by atoms with van der Waals surface area (Å²) in [5, 5.41) is 3.45. The molecule has 0 fully saturated rings. The van der Waals surface area contributed by atoms with Gasteiger partial charge in [0.1, 0.15) is 21.2 Å². The second-order valence-electron chi connectivity index (χ2n) is 6.48. The highest BCUT2D eigenvalue weighted by molar-refractivity contribution is 7.18. The lowest BCUT2D eigenvalue weighted by molar-refractivity contribution is -0.134. The number of hydrogen-bond donors (Lipinski definition) is 1. The first kappa shape index (κ1) is 18.6. The van der Waals surface area contributed by atoms with E-state index < -0.39 is 11.1 Å². The van der Waals surface area contributed by atoms with Gasteiger partial charge in [-0.2, -0.15) is 13.2 Å². The summed E-state index contributed by atoms with van der Waals surface area (Å²) in [7, 11) is 0. The molecule has 0 amide bonds. The number of fused-ring (bicyclic) bond motifs is 2. The van der Waals surface area contributed by atoms with Gasteiger partial charge in [0.2, 0.25) is 6.79 Å². The number of nitrogens with one attached hydrogen (secondary N) is 1.